The Hall–Kier alpha value is -3.41. The molecule has 0 atom stereocenters. The number of aromatic nitrogens is 3. The van der Waals surface area contributed by atoms with E-state index in [1.54, 1.807) is 47.3 Å². The van der Waals surface area contributed by atoms with Crippen molar-refractivity contribution in [2.45, 2.75) is 38.3 Å². The summed E-state index contributed by atoms with van der Waals surface area (Å²) < 4.78 is 37.4. The molecule has 1 aromatic heterocycles. The predicted octanol–water partition coefficient (Wildman–Crippen LogP) is 2.62. The minimum Gasteiger partial charge on any atom is -0.380 e. The Balaban J connectivity index is 1.38. The van der Waals surface area contributed by atoms with Gasteiger partial charge in [-0.2, -0.15) is 0 Å². The average Bonchev–Trinajstić information content (AvgIpc) is 3.35. The summed E-state index contributed by atoms with van der Waals surface area (Å²) in [5, 5.41) is 10.8. The van der Waals surface area contributed by atoms with Gasteiger partial charge in [-0.25, -0.2) is 13.1 Å². The fraction of sp³-hybridized carbons (Fsp3) is 0.385. The molecule has 10 nitrogen and oxygen atoms in total. The quantitative estimate of drug-likeness (QED) is 0.235. The number of sulfone groups is 1. The van der Waals surface area contributed by atoms with E-state index in [4.69, 9.17) is 9.47 Å². The number of nitrogens with zero attached hydrogens (tertiary/aromatic N) is 3. The second-order valence-electron chi connectivity index (χ2n) is 8.36. The molecule has 0 spiro atoms. The Morgan fingerprint density at radius 3 is 2.38 bits per heavy atom. The van der Waals surface area contributed by atoms with E-state index in [9.17, 15) is 18.0 Å². The number of aryl methyl sites for hydroxylation is 1. The first kappa shape index (κ1) is 28.2. The van der Waals surface area contributed by atoms with Crippen LogP contribution in [0.1, 0.15) is 45.3 Å². The number of amides is 1. The summed E-state index contributed by atoms with van der Waals surface area (Å²) in [6.07, 6.45) is 1.65. The van der Waals surface area contributed by atoms with Crippen LogP contribution in [0.3, 0.4) is 0 Å². The number of carbonyl (C=O) groups excluding carboxylic acids is 2. The lowest BCUT2D eigenvalue weighted by Gasteiger charge is -2.07. The van der Waals surface area contributed by atoms with Gasteiger partial charge in [0, 0.05) is 30.7 Å². The number of rotatable bonds is 15. The van der Waals surface area contributed by atoms with Gasteiger partial charge in [-0.05, 0) is 38.1 Å². The Labute approximate surface area is 216 Å². The number of Topliss-reactive ketones (excluding diaryl/α,β-unsaturated/α-hetero) is 1. The largest absolute Gasteiger partial charge is 0.380 e. The predicted molar refractivity (Wildman–Crippen MR) is 137 cm³/mol. The van der Waals surface area contributed by atoms with E-state index in [-0.39, 0.29) is 35.4 Å². The first-order valence-corrected chi connectivity index (χ1v) is 13.7. The topological polar surface area (TPSA) is 129 Å². The van der Waals surface area contributed by atoms with E-state index < -0.39 is 9.84 Å². The van der Waals surface area contributed by atoms with Crippen LogP contribution in [-0.4, -0.2) is 67.2 Å². The standard InChI is InChI=1S/C26H32N4O6S/c1-3-35-16-14-30-18-23(28-29-30)19-36-15-13-27-26(32)22-8-6-21(7-9-22)25(31)12-17-37(33,34)24-10-4-20(2)5-11-24/h4-11,18H,3,12-17,19H2,1-2H3,(H,27,32). The van der Waals surface area contributed by atoms with Gasteiger partial charge in [-0.3, -0.25) is 9.59 Å². The summed E-state index contributed by atoms with van der Waals surface area (Å²) in [7, 11) is -3.55. The molecule has 1 heterocycles. The maximum absolute atomic E-state index is 12.5. The van der Waals surface area contributed by atoms with Crippen molar-refractivity contribution in [1.82, 2.24) is 20.3 Å². The molecular formula is C26H32N4O6S. The molecule has 1 N–H and O–H groups in total. The van der Waals surface area contributed by atoms with Crippen LogP contribution in [0, 0.1) is 6.92 Å². The number of ketones is 1. The zero-order chi connectivity index (χ0) is 26.7. The van der Waals surface area contributed by atoms with Crippen LogP contribution in [0.2, 0.25) is 0 Å². The van der Waals surface area contributed by atoms with Crippen molar-refractivity contribution in [2.75, 3.05) is 32.1 Å². The second-order valence-corrected chi connectivity index (χ2v) is 10.5. The Morgan fingerprint density at radius 1 is 0.973 bits per heavy atom. The molecule has 0 radical (unpaired) electrons. The van der Waals surface area contributed by atoms with Crippen molar-refractivity contribution < 1.29 is 27.5 Å². The van der Waals surface area contributed by atoms with Gasteiger partial charge in [0.2, 0.25) is 0 Å². The lowest BCUT2D eigenvalue weighted by molar-refractivity contribution is 0.0896. The minimum absolute atomic E-state index is 0.140. The fourth-order valence-corrected chi connectivity index (χ4v) is 4.61. The number of nitrogens with one attached hydrogen (secondary N) is 1. The van der Waals surface area contributed by atoms with Gasteiger partial charge in [0.25, 0.3) is 5.91 Å². The lowest BCUT2D eigenvalue weighted by atomic mass is 10.1. The molecule has 0 saturated heterocycles. The van der Waals surface area contributed by atoms with Crippen molar-refractivity contribution >= 4 is 21.5 Å². The maximum Gasteiger partial charge on any atom is 0.251 e. The van der Waals surface area contributed by atoms with E-state index in [0.29, 0.717) is 49.7 Å². The Morgan fingerprint density at radius 2 is 1.68 bits per heavy atom. The summed E-state index contributed by atoms with van der Waals surface area (Å²) in [6, 6.07) is 12.7. The molecule has 2 aromatic carbocycles. The highest BCUT2D eigenvalue weighted by atomic mass is 32.2. The third-order valence-corrected chi connectivity index (χ3v) is 7.22. The summed E-state index contributed by atoms with van der Waals surface area (Å²) in [4.78, 5) is 25.0. The molecule has 0 bridgehead atoms. The van der Waals surface area contributed by atoms with E-state index in [0.717, 1.165) is 5.56 Å². The first-order chi connectivity index (χ1) is 17.8. The van der Waals surface area contributed by atoms with Crippen molar-refractivity contribution in [3.63, 3.8) is 0 Å². The van der Waals surface area contributed by atoms with Gasteiger partial charge >= 0.3 is 0 Å². The van der Waals surface area contributed by atoms with Gasteiger partial charge in [0.05, 0.1) is 43.2 Å². The van der Waals surface area contributed by atoms with Gasteiger partial charge in [-0.1, -0.05) is 35.0 Å². The van der Waals surface area contributed by atoms with Gasteiger partial charge < -0.3 is 14.8 Å². The fourth-order valence-electron chi connectivity index (χ4n) is 3.37. The first-order valence-electron chi connectivity index (χ1n) is 12.0. The molecule has 3 rings (SSSR count). The molecule has 198 valence electrons. The number of hydrogen-bond donors (Lipinski definition) is 1. The highest BCUT2D eigenvalue weighted by molar-refractivity contribution is 7.91. The van der Waals surface area contributed by atoms with Crippen molar-refractivity contribution in [2.24, 2.45) is 0 Å². The highest BCUT2D eigenvalue weighted by Crippen LogP contribution is 2.15. The molecule has 0 saturated carbocycles. The van der Waals surface area contributed by atoms with Gasteiger partial charge in [-0.15, -0.1) is 5.10 Å². The molecule has 0 fully saturated rings. The van der Waals surface area contributed by atoms with Gasteiger partial charge in [0.1, 0.15) is 5.69 Å². The molecule has 0 unspecified atom stereocenters. The average molecular weight is 529 g/mol. The molecule has 0 aliphatic heterocycles. The van der Waals surface area contributed by atoms with Crippen LogP contribution in [0.25, 0.3) is 0 Å². The molecule has 37 heavy (non-hydrogen) atoms. The maximum atomic E-state index is 12.5. The molecule has 3 aromatic rings. The van der Waals surface area contributed by atoms with Crippen molar-refractivity contribution in [1.29, 1.82) is 0 Å². The zero-order valence-electron chi connectivity index (χ0n) is 21.1. The molecule has 0 aliphatic carbocycles. The summed E-state index contributed by atoms with van der Waals surface area (Å²) in [5.74, 6) is -0.877. The van der Waals surface area contributed by atoms with E-state index in [1.807, 2.05) is 13.8 Å². The second kappa shape index (κ2) is 13.8. The lowest BCUT2D eigenvalue weighted by Crippen LogP contribution is -2.27. The zero-order valence-corrected chi connectivity index (χ0v) is 21.9. The van der Waals surface area contributed by atoms with Crippen LogP contribution in [0.5, 0.6) is 0 Å². The normalized spacial score (nSPS) is 11.4. The molecule has 0 aliphatic rings. The Kier molecular flexibility index (Phi) is 10.5. The summed E-state index contributed by atoms with van der Waals surface area (Å²) in [6.45, 7) is 6.52. The highest BCUT2D eigenvalue weighted by Gasteiger charge is 2.17. The molecular weight excluding hydrogens is 496 g/mol. The molecule has 1 amide bonds. The summed E-state index contributed by atoms with van der Waals surface area (Å²) in [5.41, 5.74) is 2.39. The number of ether oxygens (including phenoxy) is 2. The van der Waals surface area contributed by atoms with E-state index >= 15 is 0 Å². The van der Waals surface area contributed by atoms with Crippen molar-refractivity contribution in [3.8, 4) is 0 Å². The van der Waals surface area contributed by atoms with Crippen LogP contribution >= 0.6 is 0 Å². The van der Waals surface area contributed by atoms with Crippen LogP contribution in [0.4, 0.5) is 0 Å². The van der Waals surface area contributed by atoms with E-state index in [2.05, 4.69) is 15.6 Å². The van der Waals surface area contributed by atoms with Crippen LogP contribution in [0.15, 0.2) is 59.6 Å². The number of carbonyl (C=O) groups is 2. The Bertz CT molecular complexity index is 1270. The third kappa shape index (κ3) is 8.88. The minimum atomic E-state index is -3.55. The van der Waals surface area contributed by atoms with E-state index in [1.165, 1.54) is 12.1 Å². The number of hydrogen-bond acceptors (Lipinski definition) is 8. The molecule has 11 heteroatoms. The monoisotopic (exact) mass is 528 g/mol. The smallest absolute Gasteiger partial charge is 0.251 e. The van der Waals surface area contributed by atoms with Crippen LogP contribution < -0.4 is 5.32 Å². The third-order valence-electron chi connectivity index (χ3n) is 5.48. The number of benzene rings is 2. The van der Waals surface area contributed by atoms with Crippen LogP contribution in [-0.2, 0) is 32.5 Å². The van der Waals surface area contributed by atoms with Crippen molar-refractivity contribution in [3.05, 3.63) is 77.1 Å². The van der Waals surface area contributed by atoms with Gasteiger partial charge in [0.15, 0.2) is 15.6 Å². The SMILES string of the molecule is CCOCCn1cc(COCCNC(=O)c2ccc(C(=O)CCS(=O)(=O)c3ccc(C)cc3)cc2)nn1. The summed E-state index contributed by atoms with van der Waals surface area (Å²) >= 11 is 0.